The number of aromatic nitrogens is 1. The van der Waals surface area contributed by atoms with Crippen molar-refractivity contribution in [3.8, 4) is 10.4 Å². The molecular formula is C25H25N3S. The van der Waals surface area contributed by atoms with Gasteiger partial charge in [0.25, 0.3) is 0 Å². The summed E-state index contributed by atoms with van der Waals surface area (Å²) in [7, 11) is 0. The molecule has 2 aromatic heterocycles. The average molecular weight is 400 g/mol. The highest BCUT2D eigenvalue weighted by Crippen LogP contribution is 2.33. The van der Waals surface area contributed by atoms with Gasteiger partial charge in [-0.3, -0.25) is 14.8 Å². The zero-order valence-electron chi connectivity index (χ0n) is 16.5. The quantitative estimate of drug-likeness (QED) is 0.455. The molecule has 2 aromatic carbocycles. The summed E-state index contributed by atoms with van der Waals surface area (Å²) in [5.41, 5.74) is 3.93. The van der Waals surface area contributed by atoms with Crippen LogP contribution in [0.2, 0.25) is 0 Å². The Morgan fingerprint density at radius 1 is 0.724 bits per heavy atom. The van der Waals surface area contributed by atoms with E-state index in [1.54, 1.807) is 0 Å². The lowest BCUT2D eigenvalue weighted by Gasteiger charge is -2.34. The van der Waals surface area contributed by atoms with Gasteiger partial charge in [0, 0.05) is 66.8 Å². The SMILES string of the molecule is c1ccc(CN2CCN(Cc3cncc(-c4cc5ccccc5s4)c3)CC2)cc1. The van der Waals surface area contributed by atoms with Gasteiger partial charge in [0.2, 0.25) is 0 Å². The number of nitrogens with zero attached hydrogens (tertiary/aromatic N) is 3. The van der Waals surface area contributed by atoms with E-state index in [-0.39, 0.29) is 0 Å². The van der Waals surface area contributed by atoms with Gasteiger partial charge in [-0.15, -0.1) is 11.3 Å². The molecule has 1 fully saturated rings. The second kappa shape index (κ2) is 8.46. The van der Waals surface area contributed by atoms with Gasteiger partial charge in [0.05, 0.1) is 0 Å². The van der Waals surface area contributed by atoms with Gasteiger partial charge in [0.1, 0.15) is 0 Å². The van der Waals surface area contributed by atoms with Gasteiger partial charge in [-0.25, -0.2) is 0 Å². The molecule has 4 aromatic rings. The number of rotatable bonds is 5. The monoisotopic (exact) mass is 399 g/mol. The molecule has 0 aliphatic carbocycles. The van der Waals surface area contributed by atoms with Gasteiger partial charge in [-0.05, 0) is 34.7 Å². The maximum atomic E-state index is 4.54. The fraction of sp³-hybridized carbons (Fsp3) is 0.240. The Morgan fingerprint density at radius 2 is 1.41 bits per heavy atom. The van der Waals surface area contributed by atoms with Crippen LogP contribution in [0.4, 0.5) is 0 Å². The minimum absolute atomic E-state index is 0.977. The Morgan fingerprint density at radius 3 is 2.17 bits per heavy atom. The van der Waals surface area contributed by atoms with E-state index in [0.717, 1.165) is 39.3 Å². The first-order chi connectivity index (χ1) is 14.3. The Kier molecular flexibility index (Phi) is 5.39. The van der Waals surface area contributed by atoms with Crippen molar-refractivity contribution < 1.29 is 0 Å². The van der Waals surface area contributed by atoms with Crippen LogP contribution < -0.4 is 0 Å². The van der Waals surface area contributed by atoms with Crippen molar-refractivity contribution in [3.63, 3.8) is 0 Å². The number of pyridine rings is 1. The zero-order valence-corrected chi connectivity index (χ0v) is 17.3. The van der Waals surface area contributed by atoms with Crippen molar-refractivity contribution in [1.82, 2.24) is 14.8 Å². The van der Waals surface area contributed by atoms with Crippen LogP contribution in [0.3, 0.4) is 0 Å². The van der Waals surface area contributed by atoms with Gasteiger partial charge >= 0.3 is 0 Å². The van der Waals surface area contributed by atoms with Crippen molar-refractivity contribution >= 4 is 21.4 Å². The van der Waals surface area contributed by atoms with E-state index >= 15 is 0 Å². The summed E-state index contributed by atoms with van der Waals surface area (Å²) in [6, 6.07) is 24.0. The second-order valence-electron chi connectivity index (χ2n) is 7.77. The standard InChI is InChI=1S/C25H25N3S/c1-2-6-20(7-3-1)18-27-10-12-28(13-11-27)19-21-14-23(17-26-16-21)25-15-22-8-4-5-9-24(22)29-25/h1-9,14-17H,10-13,18-19H2. The highest BCUT2D eigenvalue weighted by atomic mass is 32.1. The van der Waals surface area contributed by atoms with Crippen molar-refractivity contribution in [2.24, 2.45) is 0 Å². The van der Waals surface area contributed by atoms with Gasteiger partial charge < -0.3 is 0 Å². The highest BCUT2D eigenvalue weighted by Gasteiger charge is 2.17. The Bertz CT molecular complexity index is 1050. The third kappa shape index (κ3) is 4.40. The Balaban J connectivity index is 1.22. The van der Waals surface area contributed by atoms with Crippen molar-refractivity contribution in [3.05, 3.63) is 90.3 Å². The Labute approximate surface area is 176 Å². The number of fused-ring (bicyclic) bond motifs is 1. The van der Waals surface area contributed by atoms with Crippen LogP contribution in [0.5, 0.6) is 0 Å². The number of hydrogen-bond acceptors (Lipinski definition) is 4. The molecule has 0 unspecified atom stereocenters. The fourth-order valence-electron chi connectivity index (χ4n) is 4.04. The highest BCUT2D eigenvalue weighted by molar-refractivity contribution is 7.22. The van der Waals surface area contributed by atoms with E-state index in [1.165, 1.54) is 31.7 Å². The van der Waals surface area contributed by atoms with Crippen molar-refractivity contribution in [1.29, 1.82) is 0 Å². The number of piperazine rings is 1. The predicted octanol–water partition coefficient (Wildman–Crippen LogP) is 5.28. The minimum Gasteiger partial charge on any atom is -0.297 e. The molecule has 29 heavy (non-hydrogen) atoms. The van der Waals surface area contributed by atoms with Crippen LogP contribution in [-0.4, -0.2) is 41.0 Å². The summed E-state index contributed by atoms with van der Waals surface area (Å²) in [5, 5.41) is 1.31. The first-order valence-corrected chi connectivity index (χ1v) is 11.1. The first kappa shape index (κ1) is 18.5. The Hall–Kier alpha value is -2.53. The van der Waals surface area contributed by atoms with Gasteiger partial charge in [-0.2, -0.15) is 0 Å². The van der Waals surface area contributed by atoms with Crippen LogP contribution in [0.15, 0.2) is 79.1 Å². The predicted molar refractivity (Wildman–Crippen MR) is 122 cm³/mol. The molecule has 0 N–H and O–H groups in total. The molecule has 0 radical (unpaired) electrons. The number of benzene rings is 2. The molecule has 5 rings (SSSR count). The van der Waals surface area contributed by atoms with E-state index in [1.807, 2.05) is 23.7 Å². The lowest BCUT2D eigenvalue weighted by molar-refractivity contribution is 0.122. The summed E-state index contributed by atoms with van der Waals surface area (Å²) in [4.78, 5) is 10.9. The number of thiophene rings is 1. The summed E-state index contributed by atoms with van der Waals surface area (Å²) in [6.07, 6.45) is 4.01. The van der Waals surface area contributed by atoms with E-state index < -0.39 is 0 Å². The van der Waals surface area contributed by atoms with E-state index in [2.05, 4.69) is 81.5 Å². The van der Waals surface area contributed by atoms with Crippen LogP contribution in [0.25, 0.3) is 20.5 Å². The molecule has 3 heterocycles. The van der Waals surface area contributed by atoms with Crippen molar-refractivity contribution in [2.45, 2.75) is 13.1 Å². The summed E-state index contributed by atoms with van der Waals surface area (Å²) < 4.78 is 1.34. The fourth-order valence-corrected chi connectivity index (χ4v) is 5.08. The van der Waals surface area contributed by atoms with E-state index in [0.29, 0.717) is 0 Å². The lowest BCUT2D eigenvalue weighted by atomic mass is 10.1. The summed E-state index contributed by atoms with van der Waals surface area (Å²) in [5.74, 6) is 0. The molecule has 0 atom stereocenters. The third-order valence-corrected chi connectivity index (χ3v) is 6.79. The van der Waals surface area contributed by atoms with Crippen molar-refractivity contribution in [2.75, 3.05) is 26.2 Å². The molecule has 3 nitrogen and oxygen atoms in total. The molecule has 0 bridgehead atoms. The molecule has 1 saturated heterocycles. The minimum atomic E-state index is 0.977. The van der Waals surface area contributed by atoms with E-state index in [9.17, 15) is 0 Å². The van der Waals surface area contributed by atoms with Crippen LogP contribution in [-0.2, 0) is 13.1 Å². The van der Waals surface area contributed by atoms with Gasteiger partial charge in [-0.1, -0.05) is 48.5 Å². The average Bonchev–Trinajstić information content (AvgIpc) is 3.21. The third-order valence-electron chi connectivity index (χ3n) is 5.63. The molecule has 146 valence electrons. The maximum absolute atomic E-state index is 4.54. The molecule has 1 aliphatic heterocycles. The molecule has 1 aliphatic rings. The summed E-state index contributed by atoms with van der Waals surface area (Å²) >= 11 is 1.85. The topological polar surface area (TPSA) is 19.4 Å². The van der Waals surface area contributed by atoms with Crippen LogP contribution in [0, 0.1) is 0 Å². The molecule has 0 amide bonds. The molecule has 4 heteroatoms. The lowest BCUT2D eigenvalue weighted by Crippen LogP contribution is -2.45. The van der Waals surface area contributed by atoms with Gasteiger partial charge in [0.15, 0.2) is 0 Å². The second-order valence-corrected chi connectivity index (χ2v) is 8.85. The normalized spacial score (nSPS) is 15.7. The van der Waals surface area contributed by atoms with Crippen LogP contribution in [0.1, 0.15) is 11.1 Å². The molecule has 0 saturated carbocycles. The van der Waals surface area contributed by atoms with Crippen LogP contribution >= 0.6 is 11.3 Å². The largest absolute Gasteiger partial charge is 0.297 e. The first-order valence-electron chi connectivity index (χ1n) is 10.2. The molecule has 0 spiro atoms. The van der Waals surface area contributed by atoms with E-state index in [4.69, 9.17) is 0 Å². The number of hydrogen-bond donors (Lipinski definition) is 0. The smallest absolute Gasteiger partial charge is 0.0370 e. The molecular weight excluding hydrogens is 374 g/mol. The zero-order chi connectivity index (χ0) is 19.5. The maximum Gasteiger partial charge on any atom is 0.0370 e. The summed E-state index contributed by atoms with van der Waals surface area (Å²) in [6.45, 7) is 6.50.